The summed E-state index contributed by atoms with van der Waals surface area (Å²) in [6, 6.07) is 17.1. The summed E-state index contributed by atoms with van der Waals surface area (Å²) in [4.78, 5) is 15.3. The molecule has 0 atom stereocenters. The molecule has 0 aromatic heterocycles. The van der Waals surface area contributed by atoms with E-state index in [-0.39, 0.29) is 5.91 Å². The van der Waals surface area contributed by atoms with Gasteiger partial charge >= 0.3 is 0 Å². The van der Waals surface area contributed by atoms with Gasteiger partial charge in [-0.15, -0.1) is 0 Å². The predicted octanol–water partition coefficient (Wildman–Crippen LogP) is 4.47. The third-order valence-electron chi connectivity index (χ3n) is 5.57. The molecule has 1 saturated heterocycles. The van der Waals surface area contributed by atoms with Crippen LogP contribution in [0, 0.1) is 17.2 Å². The summed E-state index contributed by atoms with van der Waals surface area (Å²) in [5.41, 5.74) is 2.81. The zero-order valence-electron chi connectivity index (χ0n) is 16.7. The first-order valence-corrected chi connectivity index (χ1v) is 10.3. The molecule has 0 bridgehead atoms. The molecule has 0 spiro atoms. The van der Waals surface area contributed by atoms with Crippen LogP contribution in [0.5, 0.6) is 0 Å². The lowest BCUT2D eigenvalue weighted by atomic mass is 9.95. The summed E-state index contributed by atoms with van der Waals surface area (Å²) in [7, 11) is 0. The zero-order valence-corrected chi connectivity index (χ0v) is 16.7. The smallest absolute Gasteiger partial charge is 0.251 e. The van der Waals surface area contributed by atoms with Gasteiger partial charge in [0.25, 0.3) is 5.91 Å². The third-order valence-corrected chi connectivity index (χ3v) is 5.57. The number of carbonyl (C=O) groups is 1. The van der Waals surface area contributed by atoms with Crippen molar-refractivity contribution in [2.24, 2.45) is 5.92 Å². The van der Waals surface area contributed by atoms with Crippen LogP contribution in [-0.2, 0) is 0 Å². The van der Waals surface area contributed by atoms with E-state index in [2.05, 4.69) is 23.2 Å². The highest BCUT2D eigenvalue weighted by atomic mass is 16.1. The Bertz CT molecular complexity index is 832. The van der Waals surface area contributed by atoms with Crippen molar-refractivity contribution in [3.63, 3.8) is 0 Å². The van der Waals surface area contributed by atoms with Gasteiger partial charge in [0, 0.05) is 17.7 Å². The van der Waals surface area contributed by atoms with E-state index >= 15 is 0 Å². The quantitative estimate of drug-likeness (QED) is 0.727. The number of hydrogen-bond donors (Lipinski definition) is 1. The van der Waals surface area contributed by atoms with Crippen molar-refractivity contribution in [1.29, 1.82) is 5.26 Å². The summed E-state index contributed by atoms with van der Waals surface area (Å²) in [5, 5.41) is 12.4. The average Bonchev–Trinajstić information content (AvgIpc) is 2.74. The Morgan fingerprint density at radius 1 is 1.07 bits per heavy atom. The van der Waals surface area contributed by atoms with Crippen LogP contribution >= 0.6 is 0 Å². The van der Waals surface area contributed by atoms with Crippen LogP contribution in [0.1, 0.15) is 48.5 Å². The maximum absolute atomic E-state index is 12.7. The van der Waals surface area contributed by atoms with E-state index in [1.807, 2.05) is 42.5 Å². The van der Waals surface area contributed by atoms with Crippen LogP contribution in [0.4, 0.5) is 0 Å². The van der Waals surface area contributed by atoms with E-state index in [9.17, 15) is 10.1 Å². The highest BCUT2D eigenvalue weighted by molar-refractivity contribution is 6.01. The number of carbonyl (C=O) groups excluding carboxylic acids is 1. The van der Waals surface area contributed by atoms with Crippen molar-refractivity contribution in [2.45, 2.75) is 32.6 Å². The lowest BCUT2D eigenvalue weighted by molar-refractivity contribution is 0.0953. The number of amides is 1. The Morgan fingerprint density at radius 3 is 2.50 bits per heavy atom. The van der Waals surface area contributed by atoms with E-state index in [1.165, 1.54) is 25.9 Å². The predicted molar refractivity (Wildman–Crippen MR) is 113 cm³/mol. The fraction of sp³-hybridized carbons (Fsp3) is 0.417. The Balaban J connectivity index is 1.53. The van der Waals surface area contributed by atoms with E-state index in [1.54, 1.807) is 6.07 Å². The SMILES string of the molecule is CC1CCN(CCCCNC(=O)c2ccccc2-c2ccccc2C#N)CC1. The molecule has 4 nitrogen and oxygen atoms in total. The van der Waals surface area contributed by atoms with E-state index in [0.29, 0.717) is 17.7 Å². The highest BCUT2D eigenvalue weighted by Gasteiger charge is 2.16. The molecule has 28 heavy (non-hydrogen) atoms. The van der Waals surface area contributed by atoms with Crippen LogP contribution in [0.2, 0.25) is 0 Å². The van der Waals surface area contributed by atoms with Crippen molar-refractivity contribution in [3.8, 4) is 17.2 Å². The number of piperidine rings is 1. The third kappa shape index (κ3) is 5.21. The first kappa shape index (κ1) is 20.1. The molecule has 146 valence electrons. The van der Waals surface area contributed by atoms with Crippen molar-refractivity contribution in [1.82, 2.24) is 10.2 Å². The van der Waals surface area contributed by atoms with Gasteiger partial charge < -0.3 is 10.2 Å². The second-order valence-electron chi connectivity index (χ2n) is 7.69. The minimum atomic E-state index is -0.0739. The van der Waals surface area contributed by atoms with Crippen molar-refractivity contribution in [2.75, 3.05) is 26.2 Å². The van der Waals surface area contributed by atoms with Crippen LogP contribution in [0.15, 0.2) is 48.5 Å². The molecule has 1 N–H and O–H groups in total. The van der Waals surface area contributed by atoms with E-state index in [0.717, 1.165) is 36.4 Å². The number of nitrogens with zero attached hydrogens (tertiary/aromatic N) is 2. The standard InChI is InChI=1S/C24H29N3O/c1-19-12-16-27(17-13-19)15-7-6-14-26-24(28)23-11-5-4-10-22(23)21-9-3-2-8-20(21)18-25/h2-5,8-11,19H,6-7,12-17H2,1H3,(H,26,28). The largest absolute Gasteiger partial charge is 0.352 e. The summed E-state index contributed by atoms with van der Waals surface area (Å²) >= 11 is 0. The van der Waals surface area contributed by atoms with Gasteiger partial charge in [0.1, 0.15) is 0 Å². The van der Waals surface area contributed by atoms with Crippen LogP contribution in [-0.4, -0.2) is 37.0 Å². The van der Waals surface area contributed by atoms with Gasteiger partial charge in [0.15, 0.2) is 0 Å². The lowest BCUT2D eigenvalue weighted by Crippen LogP contribution is -2.34. The minimum absolute atomic E-state index is 0.0739. The van der Waals surface area contributed by atoms with Crippen molar-refractivity contribution in [3.05, 3.63) is 59.7 Å². The van der Waals surface area contributed by atoms with Crippen molar-refractivity contribution < 1.29 is 4.79 Å². The summed E-state index contributed by atoms with van der Waals surface area (Å²) < 4.78 is 0. The van der Waals surface area contributed by atoms with Gasteiger partial charge in [-0.25, -0.2) is 0 Å². The monoisotopic (exact) mass is 375 g/mol. The van der Waals surface area contributed by atoms with E-state index in [4.69, 9.17) is 0 Å². The molecule has 3 rings (SSSR count). The Kier molecular flexibility index (Phi) is 7.22. The molecular formula is C24H29N3O. The summed E-state index contributed by atoms with van der Waals surface area (Å²) in [5.74, 6) is 0.789. The lowest BCUT2D eigenvalue weighted by Gasteiger charge is -2.30. The van der Waals surface area contributed by atoms with Gasteiger partial charge in [-0.05, 0) is 68.9 Å². The van der Waals surface area contributed by atoms with Crippen LogP contribution in [0.25, 0.3) is 11.1 Å². The maximum Gasteiger partial charge on any atom is 0.251 e. The van der Waals surface area contributed by atoms with Gasteiger partial charge in [-0.1, -0.05) is 43.3 Å². The van der Waals surface area contributed by atoms with Crippen LogP contribution < -0.4 is 5.32 Å². The van der Waals surface area contributed by atoms with Crippen LogP contribution in [0.3, 0.4) is 0 Å². The summed E-state index contributed by atoms with van der Waals surface area (Å²) in [6.45, 7) is 6.55. The molecule has 0 saturated carbocycles. The van der Waals surface area contributed by atoms with Gasteiger partial charge in [-0.3, -0.25) is 4.79 Å². The number of rotatable bonds is 7. The molecule has 0 aliphatic carbocycles. The number of likely N-dealkylation sites (tertiary alicyclic amines) is 1. The Labute approximate surface area is 168 Å². The fourth-order valence-corrected chi connectivity index (χ4v) is 3.77. The summed E-state index contributed by atoms with van der Waals surface area (Å²) in [6.07, 6.45) is 4.69. The first-order chi connectivity index (χ1) is 13.7. The number of benzene rings is 2. The second-order valence-corrected chi connectivity index (χ2v) is 7.69. The fourth-order valence-electron chi connectivity index (χ4n) is 3.77. The van der Waals surface area contributed by atoms with E-state index < -0.39 is 0 Å². The molecule has 1 fully saturated rings. The molecular weight excluding hydrogens is 346 g/mol. The molecule has 1 amide bonds. The number of nitriles is 1. The molecule has 1 aliphatic heterocycles. The number of unbranched alkanes of at least 4 members (excludes halogenated alkanes) is 1. The first-order valence-electron chi connectivity index (χ1n) is 10.3. The number of hydrogen-bond acceptors (Lipinski definition) is 3. The topological polar surface area (TPSA) is 56.1 Å². The van der Waals surface area contributed by atoms with Crippen molar-refractivity contribution >= 4 is 5.91 Å². The molecule has 1 aliphatic rings. The Hall–Kier alpha value is -2.64. The molecule has 0 unspecified atom stereocenters. The highest BCUT2D eigenvalue weighted by Crippen LogP contribution is 2.26. The zero-order chi connectivity index (χ0) is 19.8. The second kappa shape index (κ2) is 10.1. The molecule has 2 aromatic carbocycles. The average molecular weight is 376 g/mol. The minimum Gasteiger partial charge on any atom is -0.352 e. The maximum atomic E-state index is 12.7. The molecule has 4 heteroatoms. The normalized spacial score (nSPS) is 15.1. The van der Waals surface area contributed by atoms with Gasteiger partial charge in [0.2, 0.25) is 0 Å². The van der Waals surface area contributed by atoms with Gasteiger partial charge in [-0.2, -0.15) is 5.26 Å². The Morgan fingerprint density at radius 2 is 1.75 bits per heavy atom. The molecule has 0 radical (unpaired) electrons. The molecule has 2 aromatic rings. The number of nitrogens with one attached hydrogen (secondary N) is 1. The molecule has 1 heterocycles. The van der Waals surface area contributed by atoms with Gasteiger partial charge in [0.05, 0.1) is 11.6 Å².